The predicted octanol–water partition coefficient (Wildman–Crippen LogP) is 3.96. The molecule has 0 aliphatic rings. The van der Waals surface area contributed by atoms with E-state index in [1.54, 1.807) is 0 Å². The van der Waals surface area contributed by atoms with Gasteiger partial charge in [0.2, 0.25) is 0 Å². The van der Waals surface area contributed by atoms with E-state index < -0.39 is 7.25 Å². The molecule has 0 aromatic heterocycles. The molecular weight excluding hydrogens is 221 g/mol. The van der Waals surface area contributed by atoms with Crippen molar-refractivity contribution < 1.29 is 21.7 Å². The number of nitrogens with zero attached hydrogens (tertiary/aromatic N) is 1. The molecule has 6 heteroatoms. The summed E-state index contributed by atoms with van der Waals surface area (Å²) in [5, 5.41) is 0. The molecular formula is C10H24BF4N. The minimum absolute atomic E-state index is 1.28. The maximum atomic E-state index is 9.75. The van der Waals surface area contributed by atoms with Gasteiger partial charge in [0.25, 0.3) is 0 Å². The van der Waals surface area contributed by atoms with Gasteiger partial charge in [-0.25, -0.2) is 0 Å². The van der Waals surface area contributed by atoms with E-state index in [-0.39, 0.29) is 0 Å². The molecule has 0 atom stereocenters. The van der Waals surface area contributed by atoms with Gasteiger partial charge < -0.3 is 21.7 Å². The molecule has 0 rings (SSSR count). The average molecular weight is 245 g/mol. The fourth-order valence-electron chi connectivity index (χ4n) is 1.95. The molecule has 0 spiro atoms. The maximum Gasteiger partial charge on any atom is 0.673 e. The zero-order chi connectivity index (χ0) is 13.2. The van der Waals surface area contributed by atoms with Crippen molar-refractivity contribution in [3.05, 3.63) is 0 Å². The van der Waals surface area contributed by atoms with Gasteiger partial charge in [-0.1, -0.05) is 20.8 Å². The van der Waals surface area contributed by atoms with Crippen LogP contribution >= 0.6 is 0 Å². The molecule has 0 fully saturated rings. The van der Waals surface area contributed by atoms with Crippen molar-refractivity contribution in [2.45, 2.75) is 40.0 Å². The van der Waals surface area contributed by atoms with E-state index in [1.807, 2.05) is 0 Å². The van der Waals surface area contributed by atoms with Gasteiger partial charge in [-0.05, 0) is 19.3 Å². The molecule has 0 amide bonds. The standard InChI is InChI=1S/C10H24N.BF4/c1-5-8-11(4,9-6-2)10-7-3;2-1(3,4)5/h5-10H2,1-4H3;/q+1;-1. The van der Waals surface area contributed by atoms with Crippen molar-refractivity contribution in [1.82, 2.24) is 0 Å². The van der Waals surface area contributed by atoms with Crippen molar-refractivity contribution in [3.63, 3.8) is 0 Å². The van der Waals surface area contributed by atoms with E-state index in [9.17, 15) is 17.3 Å². The quantitative estimate of drug-likeness (QED) is 0.377. The molecule has 1 nitrogen and oxygen atoms in total. The first kappa shape index (κ1) is 18.1. The van der Waals surface area contributed by atoms with Gasteiger partial charge in [-0.2, -0.15) is 0 Å². The summed E-state index contributed by atoms with van der Waals surface area (Å²) in [5.74, 6) is 0. The molecule has 0 saturated carbocycles. The van der Waals surface area contributed by atoms with Crippen LogP contribution in [0.3, 0.4) is 0 Å². The zero-order valence-corrected chi connectivity index (χ0v) is 10.8. The van der Waals surface area contributed by atoms with Crippen LogP contribution in [0, 0.1) is 0 Å². The largest absolute Gasteiger partial charge is 0.673 e. The van der Waals surface area contributed by atoms with Crippen LogP contribution < -0.4 is 0 Å². The number of halogens is 4. The zero-order valence-electron chi connectivity index (χ0n) is 10.8. The lowest BCUT2D eigenvalue weighted by Gasteiger charge is -2.33. The van der Waals surface area contributed by atoms with E-state index >= 15 is 0 Å². The third-order valence-electron chi connectivity index (χ3n) is 2.29. The van der Waals surface area contributed by atoms with Gasteiger partial charge in [0, 0.05) is 0 Å². The average Bonchev–Trinajstić information content (AvgIpc) is 2.01. The second-order valence-electron chi connectivity index (χ2n) is 4.29. The Morgan fingerprint density at radius 2 is 0.938 bits per heavy atom. The summed E-state index contributed by atoms with van der Waals surface area (Å²) in [4.78, 5) is 0. The van der Waals surface area contributed by atoms with E-state index in [2.05, 4.69) is 27.8 Å². The molecule has 0 heterocycles. The van der Waals surface area contributed by atoms with Crippen LogP contribution in [0.2, 0.25) is 0 Å². The summed E-state index contributed by atoms with van der Waals surface area (Å²) in [6.45, 7) is 10.9. The summed E-state index contributed by atoms with van der Waals surface area (Å²) >= 11 is 0. The van der Waals surface area contributed by atoms with Gasteiger partial charge in [0.1, 0.15) is 0 Å². The van der Waals surface area contributed by atoms with Gasteiger partial charge in [0.15, 0.2) is 0 Å². The Balaban J connectivity index is 0. The summed E-state index contributed by atoms with van der Waals surface area (Å²) in [5.41, 5.74) is 0. The number of quaternary nitrogens is 1. The highest BCUT2D eigenvalue weighted by Crippen LogP contribution is 2.07. The Bertz CT molecular complexity index is 138. The van der Waals surface area contributed by atoms with Crippen LogP contribution in [-0.4, -0.2) is 38.4 Å². The summed E-state index contributed by atoms with van der Waals surface area (Å²) in [7, 11) is -3.61. The van der Waals surface area contributed by atoms with E-state index in [4.69, 9.17) is 0 Å². The van der Waals surface area contributed by atoms with Crippen LogP contribution in [0.15, 0.2) is 0 Å². The molecule has 100 valence electrons. The van der Waals surface area contributed by atoms with Crippen LogP contribution in [0.5, 0.6) is 0 Å². The van der Waals surface area contributed by atoms with Gasteiger partial charge >= 0.3 is 7.25 Å². The minimum Gasteiger partial charge on any atom is -0.418 e. The van der Waals surface area contributed by atoms with Crippen molar-refractivity contribution in [3.8, 4) is 0 Å². The monoisotopic (exact) mass is 245 g/mol. The Morgan fingerprint density at radius 1 is 0.750 bits per heavy atom. The Kier molecular flexibility index (Phi) is 10.0. The Morgan fingerprint density at radius 3 is 1.06 bits per heavy atom. The van der Waals surface area contributed by atoms with E-state index in [0.717, 1.165) is 0 Å². The molecule has 0 aliphatic heterocycles. The molecule has 0 bridgehead atoms. The summed E-state index contributed by atoms with van der Waals surface area (Å²) in [6.07, 6.45) is 3.95. The van der Waals surface area contributed by atoms with Crippen molar-refractivity contribution in [2.75, 3.05) is 26.7 Å². The number of hydrogen-bond donors (Lipinski definition) is 0. The highest BCUT2D eigenvalue weighted by Gasteiger charge is 2.20. The smallest absolute Gasteiger partial charge is 0.418 e. The maximum absolute atomic E-state index is 9.75. The molecule has 0 aromatic carbocycles. The third kappa shape index (κ3) is 16.2. The first-order valence-electron chi connectivity index (χ1n) is 5.89. The van der Waals surface area contributed by atoms with Gasteiger partial charge in [-0.3, -0.25) is 0 Å². The lowest BCUT2D eigenvalue weighted by atomic mass is 10.2. The summed E-state index contributed by atoms with van der Waals surface area (Å²) in [6, 6.07) is 0. The Hall–Kier alpha value is -0.255. The SMILES string of the molecule is CCC[N+](C)(CCC)CCC.F[B-](F)(F)F. The molecule has 0 aliphatic carbocycles. The van der Waals surface area contributed by atoms with Crippen molar-refractivity contribution >= 4 is 7.25 Å². The lowest BCUT2D eigenvalue weighted by Crippen LogP contribution is -2.45. The summed E-state index contributed by atoms with van der Waals surface area (Å²) < 4.78 is 40.3. The fraction of sp³-hybridized carbons (Fsp3) is 1.00. The molecule has 0 N–H and O–H groups in total. The molecule has 0 unspecified atom stereocenters. The van der Waals surface area contributed by atoms with Gasteiger partial charge in [-0.15, -0.1) is 0 Å². The first-order chi connectivity index (χ1) is 7.18. The minimum atomic E-state index is -6.00. The van der Waals surface area contributed by atoms with Crippen molar-refractivity contribution in [1.29, 1.82) is 0 Å². The molecule has 0 radical (unpaired) electrons. The first-order valence-corrected chi connectivity index (χ1v) is 5.89. The van der Waals surface area contributed by atoms with Crippen molar-refractivity contribution in [2.24, 2.45) is 0 Å². The second kappa shape index (κ2) is 8.85. The van der Waals surface area contributed by atoms with Crippen LogP contribution in [0.4, 0.5) is 17.3 Å². The number of hydrogen-bond acceptors (Lipinski definition) is 0. The fourth-order valence-corrected chi connectivity index (χ4v) is 1.95. The lowest BCUT2D eigenvalue weighted by molar-refractivity contribution is -0.909. The highest BCUT2D eigenvalue weighted by molar-refractivity contribution is 6.50. The molecule has 0 aromatic rings. The van der Waals surface area contributed by atoms with Gasteiger partial charge in [0.05, 0.1) is 26.7 Å². The van der Waals surface area contributed by atoms with E-state index in [0.29, 0.717) is 0 Å². The second-order valence-corrected chi connectivity index (χ2v) is 4.29. The van der Waals surface area contributed by atoms with Crippen LogP contribution in [0.1, 0.15) is 40.0 Å². The Labute approximate surface area is 96.5 Å². The van der Waals surface area contributed by atoms with Crippen LogP contribution in [-0.2, 0) is 0 Å². The number of rotatable bonds is 6. The normalized spacial score (nSPS) is 12.0. The topological polar surface area (TPSA) is 0 Å². The third-order valence-corrected chi connectivity index (χ3v) is 2.29. The predicted molar refractivity (Wildman–Crippen MR) is 61.8 cm³/mol. The van der Waals surface area contributed by atoms with Crippen LogP contribution in [0.25, 0.3) is 0 Å². The van der Waals surface area contributed by atoms with E-state index in [1.165, 1.54) is 43.4 Å². The highest BCUT2D eigenvalue weighted by atomic mass is 19.5. The molecule has 16 heavy (non-hydrogen) atoms. The molecule has 0 saturated heterocycles.